The Morgan fingerprint density at radius 2 is 2.05 bits per heavy atom. The zero-order valence-electron chi connectivity index (χ0n) is 12.3. The van der Waals surface area contributed by atoms with E-state index in [1.54, 1.807) is 20.4 Å². The van der Waals surface area contributed by atoms with Gasteiger partial charge in [-0.25, -0.2) is 0 Å². The van der Waals surface area contributed by atoms with E-state index in [0.29, 0.717) is 12.5 Å². The van der Waals surface area contributed by atoms with Crippen molar-refractivity contribution < 1.29 is 14.6 Å². The van der Waals surface area contributed by atoms with Crippen LogP contribution < -0.4 is 9.47 Å². The summed E-state index contributed by atoms with van der Waals surface area (Å²) in [6, 6.07) is 1.82. The normalized spacial score (nSPS) is 17.1. The Bertz CT molecular complexity index is 418. The summed E-state index contributed by atoms with van der Waals surface area (Å²) in [5.74, 6) is 2.12. The molecule has 1 saturated heterocycles. The standard InChI is InChI=1S/C15H24N2O3/c1-19-14-3-7-16-13(15(14)20-2)11-17-8-4-12(5-9-17)6-10-18/h3,7,12,18H,4-6,8-11H2,1-2H3. The molecule has 1 aliphatic rings. The van der Waals surface area contributed by atoms with Crippen LogP contribution in [-0.4, -0.2) is 48.9 Å². The molecule has 2 rings (SSSR count). The minimum atomic E-state index is 0.302. The Balaban J connectivity index is 1.97. The number of hydrogen-bond acceptors (Lipinski definition) is 5. The number of pyridine rings is 1. The fourth-order valence-corrected chi connectivity index (χ4v) is 2.79. The molecule has 2 heterocycles. The summed E-state index contributed by atoms with van der Waals surface area (Å²) in [4.78, 5) is 6.81. The fourth-order valence-electron chi connectivity index (χ4n) is 2.79. The topological polar surface area (TPSA) is 54.8 Å². The Kier molecular flexibility index (Phi) is 5.61. The van der Waals surface area contributed by atoms with Crippen LogP contribution in [0.15, 0.2) is 12.3 Å². The highest BCUT2D eigenvalue weighted by Crippen LogP contribution is 2.30. The van der Waals surface area contributed by atoms with Gasteiger partial charge < -0.3 is 14.6 Å². The second-order valence-electron chi connectivity index (χ2n) is 5.22. The predicted molar refractivity (Wildman–Crippen MR) is 77.0 cm³/mol. The first kappa shape index (κ1) is 15.1. The first-order valence-electron chi connectivity index (χ1n) is 7.17. The van der Waals surface area contributed by atoms with Gasteiger partial charge in [-0.2, -0.15) is 0 Å². The molecule has 1 fully saturated rings. The Morgan fingerprint density at radius 3 is 2.65 bits per heavy atom. The number of ether oxygens (including phenoxy) is 2. The highest BCUT2D eigenvalue weighted by atomic mass is 16.5. The number of hydrogen-bond donors (Lipinski definition) is 1. The molecule has 5 heteroatoms. The number of aliphatic hydroxyl groups excluding tert-OH is 1. The van der Waals surface area contributed by atoms with Gasteiger partial charge in [0.25, 0.3) is 0 Å². The molecule has 0 atom stereocenters. The van der Waals surface area contributed by atoms with Crippen LogP contribution in [-0.2, 0) is 6.54 Å². The molecule has 5 nitrogen and oxygen atoms in total. The van der Waals surface area contributed by atoms with Crippen LogP contribution in [0.5, 0.6) is 11.5 Å². The molecule has 1 N–H and O–H groups in total. The van der Waals surface area contributed by atoms with Crippen LogP contribution in [0.2, 0.25) is 0 Å². The van der Waals surface area contributed by atoms with Crippen LogP contribution >= 0.6 is 0 Å². The van der Waals surface area contributed by atoms with Gasteiger partial charge >= 0.3 is 0 Å². The van der Waals surface area contributed by atoms with Crippen molar-refractivity contribution in [3.8, 4) is 11.5 Å². The second kappa shape index (κ2) is 7.45. The lowest BCUT2D eigenvalue weighted by Crippen LogP contribution is -2.33. The lowest BCUT2D eigenvalue weighted by molar-refractivity contribution is 0.151. The van der Waals surface area contributed by atoms with Crippen molar-refractivity contribution in [1.29, 1.82) is 0 Å². The van der Waals surface area contributed by atoms with Crippen molar-refractivity contribution in [2.24, 2.45) is 5.92 Å². The smallest absolute Gasteiger partial charge is 0.183 e. The van der Waals surface area contributed by atoms with E-state index >= 15 is 0 Å². The third-order valence-electron chi connectivity index (χ3n) is 3.98. The Hall–Kier alpha value is -1.33. The SMILES string of the molecule is COc1ccnc(CN2CCC(CCO)CC2)c1OC. The van der Waals surface area contributed by atoms with Crippen molar-refractivity contribution in [2.75, 3.05) is 33.9 Å². The van der Waals surface area contributed by atoms with Crippen molar-refractivity contribution in [3.05, 3.63) is 18.0 Å². The van der Waals surface area contributed by atoms with Crippen LogP contribution in [0.1, 0.15) is 25.0 Å². The largest absolute Gasteiger partial charge is 0.493 e. The quantitative estimate of drug-likeness (QED) is 0.859. The van der Waals surface area contributed by atoms with Crippen LogP contribution in [0.3, 0.4) is 0 Å². The fraction of sp³-hybridized carbons (Fsp3) is 0.667. The van der Waals surface area contributed by atoms with E-state index < -0.39 is 0 Å². The number of aliphatic hydroxyl groups is 1. The molecule has 1 aliphatic heterocycles. The molecule has 0 amide bonds. The highest BCUT2D eigenvalue weighted by Gasteiger charge is 2.21. The van der Waals surface area contributed by atoms with Gasteiger partial charge in [-0.3, -0.25) is 9.88 Å². The lowest BCUT2D eigenvalue weighted by atomic mass is 9.94. The van der Waals surface area contributed by atoms with Gasteiger partial charge in [-0.05, 0) is 38.3 Å². The van der Waals surface area contributed by atoms with Gasteiger partial charge in [-0.15, -0.1) is 0 Å². The van der Waals surface area contributed by atoms with E-state index in [-0.39, 0.29) is 0 Å². The van der Waals surface area contributed by atoms with Crippen molar-refractivity contribution in [3.63, 3.8) is 0 Å². The van der Waals surface area contributed by atoms with Crippen molar-refractivity contribution >= 4 is 0 Å². The van der Waals surface area contributed by atoms with Crippen molar-refractivity contribution in [2.45, 2.75) is 25.8 Å². The number of aromatic nitrogens is 1. The Labute approximate surface area is 120 Å². The van der Waals surface area contributed by atoms with Gasteiger partial charge in [0.2, 0.25) is 0 Å². The average molecular weight is 280 g/mol. The predicted octanol–water partition coefficient (Wildman–Crippen LogP) is 1.69. The number of nitrogens with zero attached hydrogens (tertiary/aromatic N) is 2. The van der Waals surface area contributed by atoms with Crippen molar-refractivity contribution in [1.82, 2.24) is 9.88 Å². The monoisotopic (exact) mass is 280 g/mol. The van der Waals surface area contributed by atoms with Crippen LogP contribution in [0, 0.1) is 5.92 Å². The molecular formula is C15H24N2O3. The van der Waals surface area contributed by atoms with Gasteiger partial charge in [-0.1, -0.05) is 0 Å². The third kappa shape index (κ3) is 3.61. The molecule has 1 aromatic heterocycles. The number of likely N-dealkylation sites (tertiary alicyclic amines) is 1. The summed E-state index contributed by atoms with van der Waals surface area (Å²) < 4.78 is 10.7. The molecule has 20 heavy (non-hydrogen) atoms. The zero-order chi connectivity index (χ0) is 14.4. The summed E-state index contributed by atoms with van der Waals surface area (Å²) in [6.45, 7) is 3.18. The van der Waals surface area contributed by atoms with Gasteiger partial charge in [0.15, 0.2) is 11.5 Å². The molecule has 0 aliphatic carbocycles. The van der Waals surface area contributed by atoms with Gasteiger partial charge in [0.05, 0.1) is 14.2 Å². The highest BCUT2D eigenvalue weighted by molar-refractivity contribution is 5.42. The summed E-state index contributed by atoms with van der Waals surface area (Å²) in [6.07, 6.45) is 4.98. The second-order valence-corrected chi connectivity index (χ2v) is 5.22. The molecule has 0 radical (unpaired) electrons. The van der Waals surface area contributed by atoms with E-state index in [1.807, 2.05) is 6.07 Å². The molecule has 0 unspecified atom stereocenters. The minimum absolute atomic E-state index is 0.302. The summed E-state index contributed by atoms with van der Waals surface area (Å²) >= 11 is 0. The molecule has 0 saturated carbocycles. The van der Waals surface area contributed by atoms with Crippen LogP contribution in [0.4, 0.5) is 0 Å². The lowest BCUT2D eigenvalue weighted by Gasteiger charge is -2.31. The number of rotatable bonds is 6. The van der Waals surface area contributed by atoms with E-state index in [0.717, 1.165) is 56.1 Å². The van der Waals surface area contributed by atoms with E-state index in [4.69, 9.17) is 14.6 Å². The van der Waals surface area contributed by atoms with Gasteiger partial charge in [0, 0.05) is 25.4 Å². The molecule has 0 spiro atoms. The van der Waals surface area contributed by atoms with Crippen LogP contribution in [0.25, 0.3) is 0 Å². The molecule has 112 valence electrons. The maximum atomic E-state index is 8.99. The zero-order valence-corrected chi connectivity index (χ0v) is 12.3. The molecule has 0 bridgehead atoms. The maximum Gasteiger partial charge on any atom is 0.183 e. The molecular weight excluding hydrogens is 256 g/mol. The van der Waals surface area contributed by atoms with E-state index in [1.165, 1.54) is 0 Å². The summed E-state index contributed by atoms with van der Waals surface area (Å²) in [7, 11) is 3.29. The first-order valence-corrected chi connectivity index (χ1v) is 7.17. The Morgan fingerprint density at radius 1 is 1.30 bits per heavy atom. The van der Waals surface area contributed by atoms with E-state index in [9.17, 15) is 0 Å². The third-order valence-corrected chi connectivity index (χ3v) is 3.98. The maximum absolute atomic E-state index is 8.99. The molecule has 1 aromatic rings. The average Bonchev–Trinajstić information content (AvgIpc) is 2.49. The van der Waals surface area contributed by atoms with Gasteiger partial charge in [0.1, 0.15) is 5.69 Å². The number of piperidine rings is 1. The minimum Gasteiger partial charge on any atom is -0.493 e. The first-order chi connectivity index (χ1) is 9.78. The summed E-state index contributed by atoms with van der Waals surface area (Å²) in [5.41, 5.74) is 0.924. The summed E-state index contributed by atoms with van der Waals surface area (Å²) in [5, 5.41) is 8.99. The molecule has 0 aromatic carbocycles. The van der Waals surface area contributed by atoms with E-state index in [2.05, 4.69) is 9.88 Å². The number of methoxy groups -OCH3 is 2.